The molecular formula is C33H36FN5O2. The third-order valence-electron chi connectivity index (χ3n) is 8.42. The number of hydrazine groups is 1. The van der Waals surface area contributed by atoms with Crippen LogP contribution in [0.1, 0.15) is 30.9 Å². The largest absolute Gasteiger partial charge is 0.368 e. The van der Waals surface area contributed by atoms with Crippen molar-refractivity contribution in [2.45, 2.75) is 38.5 Å². The van der Waals surface area contributed by atoms with Gasteiger partial charge in [0, 0.05) is 31.8 Å². The highest BCUT2D eigenvalue weighted by atomic mass is 19.1. The molecule has 212 valence electrons. The molecule has 8 heteroatoms. The molecule has 2 fully saturated rings. The van der Waals surface area contributed by atoms with Gasteiger partial charge in [-0.05, 0) is 46.4 Å². The van der Waals surface area contributed by atoms with Gasteiger partial charge in [0.1, 0.15) is 12.0 Å². The molecule has 2 aromatic rings. The summed E-state index contributed by atoms with van der Waals surface area (Å²) >= 11 is 0. The fraction of sp³-hybridized carbons (Fsp3) is 0.333. The van der Waals surface area contributed by atoms with E-state index in [-0.39, 0.29) is 48.7 Å². The monoisotopic (exact) mass is 553 g/mol. The fourth-order valence-corrected chi connectivity index (χ4v) is 6.59. The van der Waals surface area contributed by atoms with Crippen molar-refractivity contribution in [1.29, 1.82) is 0 Å². The number of likely N-dealkylation sites (N-methyl/N-ethyl adjacent to an activating group) is 1. The van der Waals surface area contributed by atoms with Gasteiger partial charge in [0.2, 0.25) is 5.91 Å². The molecule has 7 nitrogen and oxygen atoms in total. The van der Waals surface area contributed by atoms with Crippen LogP contribution in [0.25, 0.3) is 0 Å². The van der Waals surface area contributed by atoms with Crippen LogP contribution in [0.2, 0.25) is 0 Å². The van der Waals surface area contributed by atoms with E-state index in [1.165, 1.54) is 23.3 Å². The number of carbonyl (C=O) groups excluding carboxylic acids is 2. The molecule has 1 N–H and O–H groups in total. The second-order valence-corrected chi connectivity index (χ2v) is 11.5. The minimum Gasteiger partial charge on any atom is -0.368 e. The summed E-state index contributed by atoms with van der Waals surface area (Å²) in [5.74, 6) is -0.0506. The molecule has 3 atom stereocenters. The van der Waals surface area contributed by atoms with Crippen LogP contribution in [0.4, 0.5) is 9.18 Å². The van der Waals surface area contributed by atoms with Crippen LogP contribution in [0.15, 0.2) is 102 Å². The second kappa shape index (κ2) is 11.0. The van der Waals surface area contributed by atoms with Gasteiger partial charge < -0.3 is 15.1 Å². The lowest BCUT2D eigenvalue weighted by Crippen LogP contribution is -2.75. The molecule has 1 unspecified atom stereocenters. The minimum atomic E-state index is -0.479. The first-order valence-corrected chi connectivity index (χ1v) is 14.3. The number of urea groups is 1. The summed E-state index contributed by atoms with van der Waals surface area (Å²) in [6.07, 6.45) is 10.3. The van der Waals surface area contributed by atoms with Crippen molar-refractivity contribution in [3.63, 3.8) is 0 Å². The summed E-state index contributed by atoms with van der Waals surface area (Å²) in [5.41, 5.74) is 5.52. The Morgan fingerprint density at radius 3 is 2.49 bits per heavy atom. The van der Waals surface area contributed by atoms with E-state index in [9.17, 15) is 14.0 Å². The van der Waals surface area contributed by atoms with Gasteiger partial charge in [0.25, 0.3) is 0 Å². The SMILES string of the molecule is CC(C)[C@H]1C2=C3C=CC=CC(=C3)C(c3ccccc3)CN2C[C@H]2N1C(=O)CN(C)N2C(=O)NCc1ccc(F)cc1. The number of carbonyl (C=O) groups is 2. The quantitative estimate of drug-likeness (QED) is 0.591. The van der Waals surface area contributed by atoms with E-state index >= 15 is 0 Å². The summed E-state index contributed by atoms with van der Waals surface area (Å²) in [5, 5.41) is 6.41. The average Bonchev–Trinajstić information content (AvgIpc) is 3.29. The van der Waals surface area contributed by atoms with Crippen molar-refractivity contribution < 1.29 is 14.0 Å². The highest BCUT2D eigenvalue weighted by molar-refractivity contribution is 5.83. The lowest BCUT2D eigenvalue weighted by Gasteiger charge is -2.57. The van der Waals surface area contributed by atoms with Crippen LogP contribution in [-0.2, 0) is 11.3 Å². The lowest BCUT2D eigenvalue weighted by molar-refractivity contribution is -0.177. The van der Waals surface area contributed by atoms with Gasteiger partial charge in [-0.3, -0.25) is 4.79 Å². The molecule has 0 radical (unpaired) electrons. The van der Waals surface area contributed by atoms with E-state index in [0.717, 1.165) is 23.4 Å². The molecule has 2 saturated heterocycles. The van der Waals surface area contributed by atoms with Gasteiger partial charge in [0.15, 0.2) is 0 Å². The Morgan fingerprint density at radius 1 is 1.02 bits per heavy atom. The molecule has 6 rings (SSSR count). The minimum absolute atomic E-state index is 0.00956. The maximum Gasteiger partial charge on any atom is 0.334 e. The number of hydrogen-bond acceptors (Lipinski definition) is 4. The molecular weight excluding hydrogens is 517 g/mol. The van der Waals surface area contributed by atoms with Crippen LogP contribution in [-0.4, -0.2) is 70.6 Å². The molecule has 3 amide bonds. The van der Waals surface area contributed by atoms with Crippen LogP contribution >= 0.6 is 0 Å². The van der Waals surface area contributed by atoms with Crippen molar-refractivity contribution in [3.8, 4) is 0 Å². The highest BCUT2D eigenvalue weighted by Gasteiger charge is 2.51. The molecule has 2 aromatic carbocycles. The Labute approximate surface area is 240 Å². The Morgan fingerprint density at radius 2 is 1.76 bits per heavy atom. The summed E-state index contributed by atoms with van der Waals surface area (Å²) in [4.78, 5) is 31.8. The Balaban J connectivity index is 1.37. The second-order valence-electron chi connectivity index (χ2n) is 11.5. The Hall–Kier alpha value is -4.17. The van der Waals surface area contributed by atoms with Crippen LogP contribution < -0.4 is 5.32 Å². The number of rotatable bonds is 4. The molecule has 3 aliphatic heterocycles. The number of hydrogen-bond donors (Lipinski definition) is 1. The first-order valence-electron chi connectivity index (χ1n) is 14.3. The zero-order valence-electron chi connectivity index (χ0n) is 23.7. The highest BCUT2D eigenvalue weighted by Crippen LogP contribution is 2.42. The predicted octanol–water partition coefficient (Wildman–Crippen LogP) is 4.80. The van der Waals surface area contributed by atoms with Gasteiger partial charge in [0.05, 0.1) is 19.1 Å². The van der Waals surface area contributed by atoms with Gasteiger partial charge in [-0.15, -0.1) is 0 Å². The maximum atomic E-state index is 13.7. The average molecular weight is 554 g/mol. The number of nitrogens with zero attached hydrogens (tertiary/aromatic N) is 4. The van der Waals surface area contributed by atoms with E-state index in [4.69, 9.17) is 0 Å². The number of nitrogens with one attached hydrogen (secondary N) is 1. The standard InChI is InChI=1S/C33H36FN5O2/c1-22(2)31-32-26-12-8-7-11-25(17-26)28(24-9-5-4-6-10-24)19-37(32)20-29-38(31)30(40)21-36(3)39(29)33(41)35-18-23-13-15-27(34)16-14-23/h4-17,22,28-29,31H,18-21H2,1-3H3,(H,35,41)/t28?,29-,31-/m0/s1. The fourth-order valence-electron chi connectivity index (χ4n) is 6.59. The zero-order valence-corrected chi connectivity index (χ0v) is 23.7. The number of halogens is 1. The van der Waals surface area contributed by atoms with Crippen LogP contribution in [0.3, 0.4) is 0 Å². The van der Waals surface area contributed by atoms with Gasteiger partial charge in [-0.25, -0.2) is 19.2 Å². The van der Waals surface area contributed by atoms with E-state index in [1.54, 1.807) is 29.2 Å². The predicted molar refractivity (Wildman–Crippen MR) is 157 cm³/mol. The number of piperazine rings is 1. The van der Waals surface area contributed by atoms with Gasteiger partial charge in [-0.2, -0.15) is 0 Å². The van der Waals surface area contributed by atoms with Crippen LogP contribution in [0, 0.1) is 11.7 Å². The Kier molecular flexibility index (Phi) is 7.26. The summed E-state index contributed by atoms with van der Waals surface area (Å²) in [6, 6.07) is 16.1. The van der Waals surface area contributed by atoms with Crippen molar-refractivity contribution in [3.05, 3.63) is 119 Å². The lowest BCUT2D eigenvalue weighted by atomic mass is 9.89. The number of amides is 3. The smallest absolute Gasteiger partial charge is 0.334 e. The van der Waals surface area contributed by atoms with Crippen LogP contribution in [0.5, 0.6) is 0 Å². The normalized spacial score (nSPS) is 24.1. The topological polar surface area (TPSA) is 59.1 Å². The molecule has 0 saturated carbocycles. The molecule has 0 spiro atoms. The maximum absolute atomic E-state index is 13.7. The van der Waals surface area contributed by atoms with E-state index in [2.05, 4.69) is 78.7 Å². The Bertz CT molecular complexity index is 1450. The first kappa shape index (κ1) is 27.0. The summed E-state index contributed by atoms with van der Waals surface area (Å²) < 4.78 is 13.4. The molecule has 41 heavy (non-hydrogen) atoms. The van der Waals surface area contributed by atoms with Gasteiger partial charge in [-0.1, -0.05) is 80.6 Å². The third-order valence-corrected chi connectivity index (χ3v) is 8.42. The number of allylic oxidation sites excluding steroid dienone is 6. The zero-order chi connectivity index (χ0) is 28.7. The molecule has 3 heterocycles. The van der Waals surface area contributed by atoms with E-state index in [0.29, 0.717) is 6.54 Å². The van der Waals surface area contributed by atoms with E-state index < -0.39 is 6.17 Å². The summed E-state index contributed by atoms with van der Waals surface area (Å²) in [7, 11) is 1.79. The number of benzene rings is 2. The molecule has 2 bridgehead atoms. The van der Waals surface area contributed by atoms with E-state index in [1.807, 2.05) is 11.0 Å². The molecule has 4 aliphatic rings. The van der Waals surface area contributed by atoms with Crippen molar-refractivity contribution >= 4 is 11.9 Å². The van der Waals surface area contributed by atoms with Crippen molar-refractivity contribution in [2.75, 3.05) is 26.7 Å². The van der Waals surface area contributed by atoms with Gasteiger partial charge >= 0.3 is 6.03 Å². The molecule has 0 aromatic heterocycles. The summed E-state index contributed by atoms with van der Waals surface area (Å²) in [6.45, 7) is 5.89. The van der Waals surface area contributed by atoms with Crippen molar-refractivity contribution in [1.82, 2.24) is 25.1 Å². The number of fused-ring (bicyclic) bond motifs is 3. The third kappa shape index (κ3) is 5.08. The molecule has 1 aliphatic carbocycles. The van der Waals surface area contributed by atoms with Crippen molar-refractivity contribution in [2.24, 2.45) is 5.92 Å². The first-order chi connectivity index (χ1) is 19.8.